The van der Waals surface area contributed by atoms with Gasteiger partial charge in [0.25, 0.3) is 0 Å². The standard InChI is InChI=1S/C15H12Cl2N2OS.ClH/c1-19-7-14(11-5-10(6-18)21-15(11)8-19)20-9-2-3-12(16)13(17)4-9;/h2-5,14H,7-8H2,1H3;1H. The molecule has 3 rings (SSSR count). The second kappa shape index (κ2) is 7.08. The van der Waals surface area contributed by atoms with Gasteiger partial charge in [-0.15, -0.1) is 23.7 Å². The Morgan fingerprint density at radius 1 is 1.32 bits per heavy atom. The van der Waals surface area contributed by atoms with E-state index in [-0.39, 0.29) is 18.5 Å². The molecule has 1 atom stereocenters. The molecule has 3 nitrogen and oxygen atoms in total. The van der Waals surface area contributed by atoms with Gasteiger partial charge in [-0.2, -0.15) is 5.26 Å². The zero-order chi connectivity index (χ0) is 15.0. The highest BCUT2D eigenvalue weighted by atomic mass is 35.5. The van der Waals surface area contributed by atoms with Crippen LogP contribution in [-0.4, -0.2) is 18.5 Å². The van der Waals surface area contributed by atoms with Gasteiger partial charge in [-0.05, 0) is 25.2 Å². The quantitative estimate of drug-likeness (QED) is 0.748. The van der Waals surface area contributed by atoms with Gasteiger partial charge >= 0.3 is 0 Å². The molecule has 2 heterocycles. The minimum atomic E-state index is -0.102. The number of hydrogen-bond donors (Lipinski definition) is 0. The maximum Gasteiger partial charge on any atom is 0.138 e. The van der Waals surface area contributed by atoms with Crippen LogP contribution in [0.1, 0.15) is 21.4 Å². The molecule has 22 heavy (non-hydrogen) atoms. The zero-order valence-electron chi connectivity index (χ0n) is 11.7. The minimum Gasteiger partial charge on any atom is -0.484 e. The molecule has 0 spiro atoms. The molecule has 1 aromatic carbocycles. The summed E-state index contributed by atoms with van der Waals surface area (Å²) in [4.78, 5) is 4.09. The maximum absolute atomic E-state index is 9.07. The normalized spacial score (nSPS) is 17.3. The van der Waals surface area contributed by atoms with Gasteiger partial charge < -0.3 is 4.74 Å². The third-order valence-electron chi connectivity index (χ3n) is 3.36. The molecule has 0 amide bonds. The van der Waals surface area contributed by atoms with Crippen LogP contribution in [0.2, 0.25) is 10.0 Å². The summed E-state index contributed by atoms with van der Waals surface area (Å²) >= 11 is 13.5. The predicted molar refractivity (Wildman–Crippen MR) is 92.4 cm³/mol. The van der Waals surface area contributed by atoms with E-state index in [1.165, 1.54) is 16.2 Å². The lowest BCUT2D eigenvalue weighted by Crippen LogP contribution is -2.31. The van der Waals surface area contributed by atoms with Crippen LogP contribution in [0.15, 0.2) is 24.3 Å². The Bertz CT molecular complexity index is 726. The summed E-state index contributed by atoms with van der Waals surface area (Å²) < 4.78 is 6.06. The van der Waals surface area contributed by atoms with E-state index >= 15 is 0 Å². The molecule has 0 radical (unpaired) electrons. The number of benzene rings is 1. The van der Waals surface area contributed by atoms with Gasteiger partial charge in [0.2, 0.25) is 0 Å². The van der Waals surface area contributed by atoms with Crippen molar-refractivity contribution in [2.75, 3.05) is 13.6 Å². The summed E-state index contributed by atoms with van der Waals surface area (Å²) in [7, 11) is 2.04. The Morgan fingerprint density at radius 3 is 2.77 bits per heavy atom. The van der Waals surface area contributed by atoms with Crippen LogP contribution in [-0.2, 0) is 6.54 Å². The number of likely N-dealkylation sites (N-methyl/N-ethyl adjacent to an activating group) is 1. The van der Waals surface area contributed by atoms with Crippen LogP contribution in [0.4, 0.5) is 0 Å². The summed E-state index contributed by atoms with van der Waals surface area (Å²) in [6.45, 7) is 1.62. The Morgan fingerprint density at radius 2 is 2.09 bits per heavy atom. The Kier molecular flexibility index (Phi) is 5.60. The summed E-state index contributed by atoms with van der Waals surface area (Å²) in [5.74, 6) is 0.681. The molecule has 1 aliphatic heterocycles. The van der Waals surface area contributed by atoms with Crippen LogP contribution in [0.3, 0.4) is 0 Å². The van der Waals surface area contributed by atoms with Gasteiger partial charge in [0, 0.05) is 29.6 Å². The molecule has 1 unspecified atom stereocenters. The Hall–Kier alpha value is -0.960. The van der Waals surface area contributed by atoms with Gasteiger partial charge in [0.05, 0.1) is 10.0 Å². The molecule has 0 saturated heterocycles. The number of nitrogens with zero attached hydrogens (tertiary/aromatic N) is 2. The van der Waals surface area contributed by atoms with Gasteiger partial charge in [-0.1, -0.05) is 23.2 Å². The van der Waals surface area contributed by atoms with Crippen LogP contribution < -0.4 is 4.74 Å². The first-order valence-electron chi connectivity index (χ1n) is 6.40. The highest BCUT2D eigenvalue weighted by Crippen LogP contribution is 2.36. The van der Waals surface area contributed by atoms with Gasteiger partial charge in [0.15, 0.2) is 0 Å². The maximum atomic E-state index is 9.07. The van der Waals surface area contributed by atoms with Crippen molar-refractivity contribution >= 4 is 46.9 Å². The van der Waals surface area contributed by atoms with E-state index in [0.29, 0.717) is 15.8 Å². The van der Waals surface area contributed by atoms with E-state index in [9.17, 15) is 0 Å². The molecule has 1 aliphatic rings. The predicted octanol–water partition coefficient (Wildman–Crippen LogP) is 4.91. The van der Waals surface area contributed by atoms with E-state index in [4.69, 9.17) is 33.2 Å². The number of hydrogen-bond acceptors (Lipinski definition) is 4. The number of fused-ring (bicyclic) bond motifs is 1. The lowest BCUT2D eigenvalue weighted by molar-refractivity contribution is 0.131. The van der Waals surface area contributed by atoms with E-state index in [1.807, 2.05) is 13.1 Å². The van der Waals surface area contributed by atoms with Crippen LogP contribution in [0.25, 0.3) is 0 Å². The van der Waals surface area contributed by atoms with Crippen molar-refractivity contribution in [1.82, 2.24) is 4.90 Å². The highest BCUT2D eigenvalue weighted by molar-refractivity contribution is 7.12. The van der Waals surface area contributed by atoms with Gasteiger partial charge in [0.1, 0.15) is 22.8 Å². The lowest BCUT2D eigenvalue weighted by Gasteiger charge is -2.30. The molecule has 0 fully saturated rings. The first-order chi connectivity index (χ1) is 10.1. The van der Waals surface area contributed by atoms with Crippen molar-refractivity contribution in [3.8, 4) is 11.8 Å². The fourth-order valence-electron chi connectivity index (χ4n) is 2.40. The zero-order valence-corrected chi connectivity index (χ0v) is 14.8. The smallest absolute Gasteiger partial charge is 0.138 e. The monoisotopic (exact) mass is 374 g/mol. The molecule has 1 aromatic heterocycles. The molecule has 7 heteroatoms. The number of rotatable bonds is 2. The van der Waals surface area contributed by atoms with E-state index in [2.05, 4.69) is 11.0 Å². The summed E-state index contributed by atoms with van der Waals surface area (Å²) in [5.41, 5.74) is 1.10. The molecular formula is C15H13Cl3N2OS. The second-order valence-corrected chi connectivity index (χ2v) is 6.93. The molecule has 2 aromatic rings. The summed E-state index contributed by atoms with van der Waals surface area (Å²) in [6, 6.07) is 9.38. The van der Waals surface area contributed by atoms with Gasteiger partial charge in [-0.25, -0.2) is 0 Å². The fourth-order valence-corrected chi connectivity index (χ4v) is 3.78. The average molecular weight is 376 g/mol. The number of halogens is 3. The van der Waals surface area contributed by atoms with Crippen molar-refractivity contribution in [2.45, 2.75) is 12.6 Å². The number of ether oxygens (including phenoxy) is 1. The first kappa shape index (κ1) is 17.4. The number of thiophene rings is 1. The first-order valence-corrected chi connectivity index (χ1v) is 7.97. The molecular weight excluding hydrogens is 363 g/mol. The Balaban J connectivity index is 0.00000176. The molecule has 0 saturated carbocycles. The summed E-state index contributed by atoms with van der Waals surface area (Å²) in [5, 5.41) is 10.1. The molecule has 0 bridgehead atoms. The fraction of sp³-hybridized carbons (Fsp3) is 0.267. The van der Waals surface area contributed by atoms with Crippen LogP contribution in [0.5, 0.6) is 5.75 Å². The Labute approximate surface area is 149 Å². The van der Waals surface area contributed by atoms with Gasteiger partial charge in [-0.3, -0.25) is 4.90 Å². The van der Waals surface area contributed by atoms with Crippen molar-refractivity contribution in [3.05, 3.63) is 49.6 Å². The lowest BCUT2D eigenvalue weighted by atomic mass is 10.1. The van der Waals surface area contributed by atoms with Crippen molar-refractivity contribution < 1.29 is 4.74 Å². The number of nitriles is 1. The SMILES string of the molecule is CN1Cc2sc(C#N)cc2C(Oc2ccc(Cl)c(Cl)c2)C1.Cl. The third-order valence-corrected chi connectivity index (χ3v) is 5.14. The van der Waals surface area contributed by atoms with E-state index < -0.39 is 0 Å². The summed E-state index contributed by atoms with van der Waals surface area (Å²) in [6.07, 6.45) is -0.102. The van der Waals surface area contributed by atoms with Crippen molar-refractivity contribution in [3.63, 3.8) is 0 Å². The van der Waals surface area contributed by atoms with Crippen LogP contribution >= 0.6 is 46.9 Å². The molecule has 116 valence electrons. The van der Waals surface area contributed by atoms with Crippen molar-refractivity contribution in [2.24, 2.45) is 0 Å². The third kappa shape index (κ3) is 3.51. The topological polar surface area (TPSA) is 36.3 Å². The molecule has 0 aliphatic carbocycles. The minimum absolute atomic E-state index is 0. The van der Waals surface area contributed by atoms with Crippen molar-refractivity contribution in [1.29, 1.82) is 5.26 Å². The highest BCUT2D eigenvalue weighted by Gasteiger charge is 2.27. The van der Waals surface area contributed by atoms with E-state index in [0.717, 1.165) is 23.5 Å². The van der Waals surface area contributed by atoms with E-state index in [1.54, 1.807) is 18.2 Å². The second-order valence-electron chi connectivity index (χ2n) is 4.98. The largest absolute Gasteiger partial charge is 0.484 e. The average Bonchev–Trinajstić information content (AvgIpc) is 2.86. The molecule has 0 N–H and O–H groups in total. The van der Waals surface area contributed by atoms with Crippen LogP contribution in [0, 0.1) is 11.3 Å².